The van der Waals surface area contributed by atoms with Gasteiger partial charge in [-0.05, 0) is 47.7 Å². The molecule has 0 saturated carbocycles. The van der Waals surface area contributed by atoms with E-state index in [0.29, 0.717) is 30.5 Å². The van der Waals surface area contributed by atoms with E-state index in [4.69, 9.17) is 14.5 Å². The molecular formula is C23H29N6O3+. The second-order valence-electron chi connectivity index (χ2n) is 8.04. The summed E-state index contributed by atoms with van der Waals surface area (Å²) < 4.78 is 13.5. The first kappa shape index (κ1) is 21.9. The van der Waals surface area contributed by atoms with Crippen LogP contribution >= 0.6 is 0 Å². The van der Waals surface area contributed by atoms with E-state index in [2.05, 4.69) is 34.9 Å². The molecule has 9 nitrogen and oxygen atoms in total. The van der Waals surface area contributed by atoms with Crippen LogP contribution in [0.2, 0.25) is 0 Å². The molecule has 0 aliphatic carbocycles. The zero-order valence-corrected chi connectivity index (χ0v) is 18.9. The van der Waals surface area contributed by atoms with Crippen molar-refractivity contribution in [1.82, 2.24) is 24.1 Å². The second-order valence-corrected chi connectivity index (χ2v) is 8.04. The molecular weight excluding hydrogens is 408 g/mol. The van der Waals surface area contributed by atoms with Crippen LogP contribution in [0.4, 0.5) is 0 Å². The summed E-state index contributed by atoms with van der Waals surface area (Å²) in [5.74, 6) is 0.772. The summed E-state index contributed by atoms with van der Waals surface area (Å²) in [5.41, 5.74) is 3.05. The van der Waals surface area contributed by atoms with E-state index in [0.717, 1.165) is 35.4 Å². The number of nitrogens with zero attached hydrogens (tertiary/aromatic N) is 5. The van der Waals surface area contributed by atoms with E-state index in [1.807, 2.05) is 30.5 Å². The van der Waals surface area contributed by atoms with Crippen molar-refractivity contribution in [1.29, 1.82) is 0 Å². The number of aromatic nitrogens is 5. The van der Waals surface area contributed by atoms with Gasteiger partial charge in [0.15, 0.2) is 5.65 Å². The number of nitrogens with one attached hydrogen (secondary N) is 1. The number of hydrogen-bond acceptors (Lipinski definition) is 6. The van der Waals surface area contributed by atoms with Crippen LogP contribution in [0.15, 0.2) is 47.7 Å². The zero-order valence-electron chi connectivity index (χ0n) is 18.9. The lowest BCUT2D eigenvalue weighted by atomic mass is 10.2. The highest BCUT2D eigenvalue weighted by Gasteiger charge is 2.20. The van der Waals surface area contributed by atoms with Crippen molar-refractivity contribution in [2.45, 2.75) is 33.0 Å². The van der Waals surface area contributed by atoms with Crippen molar-refractivity contribution in [3.63, 3.8) is 0 Å². The Morgan fingerprint density at radius 2 is 1.94 bits per heavy atom. The molecule has 32 heavy (non-hydrogen) atoms. The van der Waals surface area contributed by atoms with Gasteiger partial charge >= 0.3 is 5.69 Å². The number of H-pyrrole nitrogens is 1. The largest absolute Gasteiger partial charge is 0.497 e. The fraction of sp³-hybridized carbons (Fsp3) is 0.391. The number of benzene rings is 1. The first-order valence-corrected chi connectivity index (χ1v) is 10.6. The van der Waals surface area contributed by atoms with Gasteiger partial charge in [0.25, 0.3) is 12.0 Å². The molecule has 0 saturated heterocycles. The Morgan fingerprint density at radius 3 is 2.62 bits per heavy atom. The van der Waals surface area contributed by atoms with E-state index in [9.17, 15) is 4.79 Å². The highest BCUT2D eigenvalue weighted by molar-refractivity contribution is 5.87. The standard InChI is InChI=1S/C23H28N6O3/c1-16(2)27(9-10-31-3)13-18-11-20-21(24-12-18)28(23(30)29-22(20)25-15-26-29)14-17-5-7-19(32-4)8-6-17/h5-8,11-12,15-16H,9-10,13-14H2,1-4H3/p+1. The van der Waals surface area contributed by atoms with E-state index in [1.165, 1.54) is 10.8 Å². The molecule has 168 valence electrons. The molecule has 0 unspecified atom stereocenters. The zero-order chi connectivity index (χ0) is 22.7. The minimum Gasteiger partial charge on any atom is -0.497 e. The third kappa shape index (κ3) is 4.35. The van der Waals surface area contributed by atoms with Gasteiger partial charge in [-0.1, -0.05) is 12.1 Å². The lowest BCUT2D eigenvalue weighted by Crippen LogP contribution is -2.33. The van der Waals surface area contributed by atoms with Crippen molar-refractivity contribution in [2.75, 3.05) is 27.4 Å². The molecule has 0 atom stereocenters. The molecule has 1 N–H and O–H groups in total. The molecule has 0 radical (unpaired) electrons. The highest BCUT2D eigenvalue weighted by Crippen LogP contribution is 2.19. The molecule has 1 aromatic carbocycles. The average molecular weight is 438 g/mol. The molecule has 4 rings (SSSR count). The fourth-order valence-electron chi connectivity index (χ4n) is 3.80. The van der Waals surface area contributed by atoms with Crippen LogP contribution in [0.5, 0.6) is 5.75 Å². The molecule has 0 spiro atoms. The number of pyridine rings is 1. The van der Waals surface area contributed by atoms with Gasteiger partial charge in [-0.3, -0.25) is 9.47 Å². The first-order valence-electron chi connectivity index (χ1n) is 10.6. The normalized spacial score (nSPS) is 11.8. The Balaban J connectivity index is 1.77. The van der Waals surface area contributed by atoms with Gasteiger partial charge in [0.2, 0.25) is 0 Å². The van der Waals surface area contributed by atoms with Crippen LogP contribution in [0.25, 0.3) is 16.7 Å². The maximum absolute atomic E-state index is 13.2. The number of fused-ring (bicyclic) bond motifs is 3. The maximum atomic E-state index is 13.2. The Labute approximate surface area is 186 Å². The topological polar surface area (TPSA) is 88.0 Å². The summed E-state index contributed by atoms with van der Waals surface area (Å²) in [6.45, 7) is 6.95. The molecule has 0 aliphatic heterocycles. The van der Waals surface area contributed by atoms with Gasteiger partial charge in [-0.2, -0.15) is 0 Å². The van der Waals surface area contributed by atoms with Crippen LogP contribution in [0.3, 0.4) is 0 Å². The number of aromatic amines is 1. The number of rotatable bonds is 9. The van der Waals surface area contributed by atoms with E-state index in [1.54, 1.807) is 18.8 Å². The number of hydrogen-bond donors (Lipinski definition) is 0. The second kappa shape index (κ2) is 9.46. The summed E-state index contributed by atoms with van der Waals surface area (Å²) in [7, 11) is 3.34. The smallest absolute Gasteiger partial charge is 0.425 e. The number of methoxy groups -OCH3 is 2. The Hall–Kier alpha value is -3.30. The van der Waals surface area contributed by atoms with E-state index >= 15 is 0 Å². The van der Waals surface area contributed by atoms with E-state index < -0.39 is 0 Å². The molecule has 9 heteroatoms. The predicted octanol–water partition coefficient (Wildman–Crippen LogP) is 1.77. The average Bonchev–Trinajstić information content (AvgIpc) is 3.30. The van der Waals surface area contributed by atoms with Crippen molar-refractivity contribution in [3.8, 4) is 5.75 Å². The monoisotopic (exact) mass is 437 g/mol. The van der Waals surface area contributed by atoms with Gasteiger partial charge in [-0.15, -0.1) is 0 Å². The summed E-state index contributed by atoms with van der Waals surface area (Å²) in [6, 6.07) is 10.1. The van der Waals surface area contributed by atoms with Gasteiger partial charge < -0.3 is 9.47 Å². The molecule has 0 fully saturated rings. The van der Waals surface area contributed by atoms with Crippen molar-refractivity contribution in [3.05, 3.63) is 64.5 Å². The molecule has 3 heterocycles. The van der Waals surface area contributed by atoms with E-state index in [-0.39, 0.29) is 5.69 Å². The predicted molar refractivity (Wildman–Crippen MR) is 121 cm³/mol. The van der Waals surface area contributed by atoms with Crippen LogP contribution in [-0.4, -0.2) is 57.5 Å². The van der Waals surface area contributed by atoms with Crippen LogP contribution in [0.1, 0.15) is 25.0 Å². The highest BCUT2D eigenvalue weighted by atomic mass is 16.5. The Kier molecular flexibility index (Phi) is 6.48. The molecule has 0 aliphatic rings. The molecule has 0 amide bonds. The maximum Gasteiger partial charge on any atom is 0.425 e. The minimum absolute atomic E-state index is 0.242. The van der Waals surface area contributed by atoms with Crippen LogP contribution < -0.4 is 15.4 Å². The minimum atomic E-state index is -0.242. The quantitative estimate of drug-likeness (QED) is 0.397. The fourth-order valence-corrected chi connectivity index (χ4v) is 3.80. The molecule has 0 bridgehead atoms. The summed E-state index contributed by atoms with van der Waals surface area (Å²) >= 11 is 0. The summed E-state index contributed by atoms with van der Waals surface area (Å²) in [6.07, 6.45) is 3.38. The van der Waals surface area contributed by atoms with Crippen molar-refractivity contribution in [2.24, 2.45) is 0 Å². The third-order valence-corrected chi connectivity index (χ3v) is 5.63. The molecule has 3 aromatic heterocycles. The SMILES string of the molecule is COCCN(Cc1cnc2c(c1)c1[nH+]cnn1c(=O)n2Cc1ccc(OC)cc1)C(C)C. The Morgan fingerprint density at radius 1 is 1.16 bits per heavy atom. The summed E-state index contributed by atoms with van der Waals surface area (Å²) in [5, 5.41) is 5.06. The first-order chi connectivity index (χ1) is 15.5. The van der Waals surface area contributed by atoms with Crippen molar-refractivity contribution < 1.29 is 14.5 Å². The van der Waals surface area contributed by atoms with Crippen LogP contribution in [-0.2, 0) is 17.8 Å². The van der Waals surface area contributed by atoms with Gasteiger partial charge in [0.05, 0.1) is 25.6 Å². The Bertz CT molecular complexity index is 1260. The van der Waals surface area contributed by atoms with Gasteiger partial charge in [0, 0.05) is 37.5 Å². The number of ether oxygens (including phenoxy) is 2. The lowest BCUT2D eigenvalue weighted by Gasteiger charge is -2.26. The lowest BCUT2D eigenvalue weighted by molar-refractivity contribution is -0.345. The van der Waals surface area contributed by atoms with Crippen LogP contribution in [0, 0.1) is 0 Å². The van der Waals surface area contributed by atoms with Crippen molar-refractivity contribution >= 4 is 16.7 Å². The molecule has 4 aromatic rings. The third-order valence-electron chi connectivity index (χ3n) is 5.63. The summed E-state index contributed by atoms with van der Waals surface area (Å²) in [4.78, 5) is 23.3. The van der Waals surface area contributed by atoms with Gasteiger partial charge in [0.1, 0.15) is 5.75 Å². The van der Waals surface area contributed by atoms with Gasteiger partial charge in [-0.25, -0.2) is 14.8 Å².